The average Bonchev–Trinajstić information content (AvgIpc) is 2.72. The number of carbonyl (C=O) groups excluding carboxylic acids is 1. The molecule has 2 aromatic rings. The third-order valence-electron chi connectivity index (χ3n) is 4.30. The highest BCUT2D eigenvalue weighted by Gasteiger charge is 2.20. The van der Waals surface area contributed by atoms with E-state index in [-0.39, 0.29) is 25.0 Å². The summed E-state index contributed by atoms with van der Waals surface area (Å²) < 4.78 is 10.8. The molecule has 0 bridgehead atoms. The number of carbonyl (C=O) groups is 2. The van der Waals surface area contributed by atoms with Gasteiger partial charge in [0.15, 0.2) is 6.10 Å². The molecular formula is C23H25Cl2NO5. The van der Waals surface area contributed by atoms with E-state index in [1.165, 1.54) is 13.2 Å². The van der Waals surface area contributed by atoms with Crippen LogP contribution < -0.4 is 10.1 Å². The molecule has 6 nitrogen and oxygen atoms in total. The maximum Gasteiger partial charge on any atom is 0.333 e. The second kappa shape index (κ2) is 11.7. The van der Waals surface area contributed by atoms with Gasteiger partial charge in [0.25, 0.3) is 0 Å². The van der Waals surface area contributed by atoms with E-state index < -0.39 is 12.1 Å². The van der Waals surface area contributed by atoms with Crippen molar-refractivity contribution in [2.24, 2.45) is 0 Å². The van der Waals surface area contributed by atoms with Crippen LogP contribution in [0.1, 0.15) is 30.5 Å². The number of halogens is 2. The molecule has 0 spiro atoms. The molecule has 1 atom stereocenters. The maximum absolute atomic E-state index is 12.2. The van der Waals surface area contributed by atoms with Gasteiger partial charge in [0.2, 0.25) is 5.91 Å². The third kappa shape index (κ3) is 7.90. The first-order valence-corrected chi connectivity index (χ1v) is 10.4. The SMILES string of the molecule is COc1ccc(CC(OC(C)C)C(=O)O)cc1CNC(=O)C=Cc1ccc(Cl)c(Cl)c1. The van der Waals surface area contributed by atoms with Crippen molar-refractivity contribution in [3.05, 3.63) is 69.2 Å². The molecule has 0 aliphatic heterocycles. The fourth-order valence-electron chi connectivity index (χ4n) is 2.86. The molecule has 0 heterocycles. The molecular weight excluding hydrogens is 441 g/mol. The first kappa shape index (κ1) is 24.7. The van der Waals surface area contributed by atoms with Gasteiger partial charge in [0.05, 0.1) is 23.3 Å². The molecule has 2 N–H and O–H groups in total. The predicted molar refractivity (Wildman–Crippen MR) is 122 cm³/mol. The Hall–Kier alpha value is -2.54. The molecule has 166 valence electrons. The van der Waals surface area contributed by atoms with Crippen molar-refractivity contribution in [3.63, 3.8) is 0 Å². The van der Waals surface area contributed by atoms with E-state index in [0.717, 1.165) is 16.7 Å². The Kier molecular flexibility index (Phi) is 9.37. The van der Waals surface area contributed by atoms with Crippen LogP contribution >= 0.6 is 23.2 Å². The number of nitrogens with one attached hydrogen (secondary N) is 1. The van der Waals surface area contributed by atoms with Crippen molar-refractivity contribution in [2.45, 2.75) is 39.0 Å². The van der Waals surface area contributed by atoms with Crippen molar-refractivity contribution in [3.8, 4) is 5.75 Å². The summed E-state index contributed by atoms with van der Waals surface area (Å²) in [5.41, 5.74) is 2.24. The van der Waals surface area contributed by atoms with Crippen LogP contribution in [0.3, 0.4) is 0 Å². The van der Waals surface area contributed by atoms with Crippen LogP contribution in [0.4, 0.5) is 0 Å². The van der Waals surface area contributed by atoms with E-state index in [1.54, 1.807) is 56.3 Å². The molecule has 0 saturated heterocycles. The van der Waals surface area contributed by atoms with Gasteiger partial charge >= 0.3 is 5.97 Å². The molecule has 0 radical (unpaired) electrons. The molecule has 0 aromatic heterocycles. The summed E-state index contributed by atoms with van der Waals surface area (Å²) in [5, 5.41) is 13.0. The Morgan fingerprint density at radius 3 is 2.48 bits per heavy atom. The third-order valence-corrected chi connectivity index (χ3v) is 5.04. The minimum absolute atomic E-state index is 0.204. The quantitative estimate of drug-likeness (QED) is 0.494. The molecule has 2 aromatic carbocycles. The summed E-state index contributed by atoms with van der Waals surface area (Å²) in [7, 11) is 1.53. The lowest BCUT2D eigenvalue weighted by molar-refractivity contribution is -0.153. The van der Waals surface area contributed by atoms with Gasteiger partial charge in [-0.3, -0.25) is 4.79 Å². The van der Waals surface area contributed by atoms with E-state index in [4.69, 9.17) is 32.7 Å². The van der Waals surface area contributed by atoms with Crippen LogP contribution in [0.5, 0.6) is 5.75 Å². The lowest BCUT2D eigenvalue weighted by atomic mass is 10.0. The number of methoxy groups -OCH3 is 1. The van der Waals surface area contributed by atoms with E-state index in [1.807, 2.05) is 0 Å². The van der Waals surface area contributed by atoms with Gasteiger partial charge < -0.3 is 19.9 Å². The summed E-state index contributed by atoms with van der Waals surface area (Å²) >= 11 is 11.9. The van der Waals surface area contributed by atoms with Crippen LogP contribution in [-0.4, -0.2) is 36.3 Å². The summed E-state index contributed by atoms with van der Waals surface area (Å²) in [4.78, 5) is 23.7. The number of amides is 1. The average molecular weight is 466 g/mol. The van der Waals surface area contributed by atoms with Crippen LogP contribution in [0, 0.1) is 0 Å². The monoisotopic (exact) mass is 465 g/mol. The first-order chi connectivity index (χ1) is 14.7. The smallest absolute Gasteiger partial charge is 0.333 e. The van der Waals surface area contributed by atoms with Gasteiger partial charge in [-0.15, -0.1) is 0 Å². The largest absolute Gasteiger partial charge is 0.496 e. The summed E-state index contributed by atoms with van der Waals surface area (Å²) in [6.07, 6.45) is 2.07. The number of ether oxygens (including phenoxy) is 2. The molecule has 0 aliphatic carbocycles. The summed E-state index contributed by atoms with van der Waals surface area (Å²) in [6.45, 7) is 3.79. The van der Waals surface area contributed by atoms with Gasteiger partial charge in [-0.2, -0.15) is 0 Å². The Labute approximate surface area is 191 Å². The number of hydrogen-bond donors (Lipinski definition) is 2. The number of hydrogen-bond acceptors (Lipinski definition) is 4. The van der Waals surface area contributed by atoms with Crippen LogP contribution in [-0.2, 0) is 27.3 Å². The Bertz CT molecular complexity index is 959. The highest BCUT2D eigenvalue weighted by molar-refractivity contribution is 6.42. The van der Waals surface area contributed by atoms with E-state index >= 15 is 0 Å². The summed E-state index contributed by atoms with van der Waals surface area (Å²) in [6, 6.07) is 10.4. The second-order valence-electron chi connectivity index (χ2n) is 7.09. The minimum atomic E-state index is -1.02. The van der Waals surface area contributed by atoms with Crippen LogP contribution in [0.25, 0.3) is 6.08 Å². The lowest BCUT2D eigenvalue weighted by Crippen LogP contribution is -2.29. The zero-order valence-corrected chi connectivity index (χ0v) is 19.0. The molecule has 31 heavy (non-hydrogen) atoms. The highest BCUT2D eigenvalue weighted by Crippen LogP contribution is 2.23. The molecule has 0 fully saturated rings. The van der Waals surface area contributed by atoms with Crippen molar-refractivity contribution >= 4 is 41.2 Å². The second-order valence-corrected chi connectivity index (χ2v) is 7.90. The highest BCUT2D eigenvalue weighted by atomic mass is 35.5. The first-order valence-electron chi connectivity index (χ1n) is 9.64. The summed E-state index contributed by atoms with van der Waals surface area (Å²) in [5.74, 6) is -0.731. The molecule has 8 heteroatoms. The van der Waals surface area contributed by atoms with Gasteiger partial charge in [-0.25, -0.2) is 4.79 Å². The molecule has 0 saturated carbocycles. The van der Waals surface area contributed by atoms with E-state index in [2.05, 4.69) is 5.32 Å². The molecule has 0 aliphatic rings. The van der Waals surface area contributed by atoms with Crippen LogP contribution in [0.2, 0.25) is 10.0 Å². The molecule has 2 rings (SSSR count). The number of carboxylic acid groups (broad SMARTS) is 1. The predicted octanol–water partition coefficient (Wildman–Crippen LogP) is 4.75. The normalized spacial score (nSPS) is 12.2. The number of aliphatic carboxylic acids is 1. The van der Waals surface area contributed by atoms with Crippen molar-refractivity contribution < 1.29 is 24.2 Å². The van der Waals surface area contributed by atoms with Crippen molar-refractivity contribution in [2.75, 3.05) is 7.11 Å². The van der Waals surface area contributed by atoms with Gasteiger partial charge in [0.1, 0.15) is 5.75 Å². The fraction of sp³-hybridized carbons (Fsp3) is 0.304. The molecule has 1 amide bonds. The minimum Gasteiger partial charge on any atom is -0.496 e. The zero-order valence-electron chi connectivity index (χ0n) is 17.5. The molecule has 1 unspecified atom stereocenters. The number of benzene rings is 2. The standard InChI is InChI=1S/C23H25Cl2NO5/c1-14(2)31-21(23(28)29)12-16-5-8-20(30-3)17(10-16)13-26-22(27)9-6-15-4-7-18(24)19(25)11-15/h4-11,14,21H,12-13H2,1-3H3,(H,26,27)(H,28,29). The Morgan fingerprint density at radius 2 is 1.87 bits per heavy atom. The van der Waals surface area contributed by atoms with Gasteiger partial charge in [-0.05, 0) is 49.2 Å². The fourth-order valence-corrected chi connectivity index (χ4v) is 3.17. The van der Waals surface area contributed by atoms with E-state index in [9.17, 15) is 14.7 Å². The maximum atomic E-state index is 12.2. The van der Waals surface area contributed by atoms with Crippen molar-refractivity contribution in [1.82, 2.24) is 5.32 Å². The lowest BCUT2D eigenvalue weighted by Gasteiger charge is -2.17. The Morgan fingerprint density at radius 1 is 1.13 bits per heavy atom. The van der Waals surface area contributed by atoms with Gasteiger partial charge in [-0.1, -0.05) is 41.4 Å². The number of rotatable bonds is 10. The Balaban J connectivity index is 2.06. The van der Waals surface area contributed by atoms with E-state index in [0.29, 0.717) is 15.8 Å². The number of carboxylic acids is 1. The zero-order chi connectivity index (χ0) is 23.0. The van der Waals surface area contributed by atoms with Crippen molar-refractivity contribution in [1.29, 1.82) is 0 Å². The van der Waals surface area contributed by atoms with Crippen LogP contribution in [0.15, 0.2) is 42.5 Å². The van der Waals surface area contributed by atoms with Gasteiger partial charge in [0, 0.05) is 24.6 Å². The topological polar surface area (TPSA) is 84.9 Å².